The van der Waals surface area contributed by atoms with E-state index in [0.717, 1.165) is 23.0 Å². The number of carbonyl (C=O) groups excluding carboxylic acids is 1. The van der Waals surface area contributed by atoms with Gasteiger partial charge < -0.3 is 15.0 Å². The molecule has 1 aromatic heterocycles. The van der Waals surface area contributed by atoms with Crippen molar-refractivity contribution in [3.63, 3.8) is 0 Å². The summed E-state index contributed by atoms with van der Waals surface area (Å²) in [7, 11) is 1.56. The van der Waals surface area contributed by atoms with E-state index in [4.69, 9.17) is 4.74 Å². The van der Waals surface area contributed by atoms with Crippen LogP contribution in [0.1, 0.15) is 15.9 Å². The average Bonchev–Trinajstić information content (AvgIpc) is 3.02. The first-order valence-corrected chi connectivity index (χ1v) is 7.11. The molecule has 0 radical (unpaired) electrons. The van der Waals surface area contributed by atoms with Gasteiger partial charge in [0, 0.05) is 6.54 Å². The number of hydrogen-bond acceptors (Lipinski definition) is 3. The third kappa shape index (κ3) is 2.93. The molecular formula is C17H17N3O2. The van der Waals surface area contributed by atoms with Crippen LogP contribution in [-0.2, 0) is 6.42 Å². The van der Waals surface area contributed by atoms with Crippen molar-refractivity contribution in [1.29, 1.82) is 0 Å². The van der Waals surface area contributed by atoms with Crippen molar-refractivity contribution < 1.29 is 9.53 Å². The fraction of sp³-hybridized carbons (Fsp3) is 0.176. The third-order valence-corrected chi connectivity index (χ3v) is 3.54. The summed E-state index contributed by atoms with van der Waals surface area (Å²) in [6, 6.07) is 13.3. The zero-order valence-corrected chi connectivity index (χ0v) is 12.3. The minimum Gasteiger partial charge on any atom is -0.496 e. The number of methoxy groups -OCH3 is 1. The molecule has 112 valence electrons. The number of nitrogens with zero attached hydrogens (tertiary/aromatic N) is 1. The molecule has 0 atom stereocenters. The van der Waals surface area contributed by atoms with Crippen LogP contribution in [0.5, 0.6) is 5.75 Å². The fourth-order valence-electron chi connectivity index (χ4n) is 2.39. The summed E-state index contributed by atoms with van der Waals surface area (Å²) >= 11 is 0. The van der Waals surface area contributed by atoms with E-state index < -0.39 is 0 Å². The Kier molecular flexibility index (Phi) is 4.05. The quantitative estimate of drug-likeness (QED) is 0.760. The van der Waals surface area contributed by atoms with E-state index >= 15 is 0 Å². The number of fused-ring (bicyclic) bond motifs is 1. The number of benzene rings is 2. The molecule has 0 spiro atoms. The highest BCUT2D eigenvalue weighted by atomic mass is 16.5. The summed E-state index contributed by atoms with van der Waals surface area (Å²) in [5.74, 6) is 0.457. The maximum Gasteiger partial charge on any atom is 0.255 e. The highest BCUT2D eigenvalue weighted by Crippen LogP contribution is 2.17. The Morgan fingerprint density at radius 1 is 1.27 bits per heavy atom. The van der Waals surface area contributed by atoms with E-state index in [2.05, 4.69) is 21.4 Å². The van der Waals surface area contributed by atoms with Crippen molar-refractivity contribution in [3.05, 3.63) is 59.9 Å². The lowest BCUT2D eigenvalue weighted by molar-refractivity contribution is 0.0951. The molecule has 0 unspecified atom stereocenters. The standard InChI is InChI=1S/C17H17N3O2/c1-22-16-5-3-2-4-13(16)17(21)18-9-8-12-6-7-14-15(10-12)20-11-19-14/h2-7,10-11H,8-9H2,1H3,(H,18,21)(H,19,20). The van der Waals surface area contributed by atoms with Crippen molar-refractivity contribution in [2.75, 3.05) is 13.7 Å². The van der Waals surface area contributed by atoms with Crippen LogP contribution >= 0.6 is 0 Å². The van der Waals surface area contributed by atoms with Crippen LogP contribution in [0.2, 0.25) is 0 Å². The van der Waals surface area contributed by atoms with Crippen LogP contribution in [0.4, 0.5) is 0 Å². The number of para-hydroxylation sites is 1. The number of hydrogen-bond donors (Lipinski definition) is 2. The van der Waals surface area contributed by atoms with E-state index in [-0.39, 0.29) is 5.91 Å². The molecule has 0 saturated heterocycles. The van der Waals surface area contributed by atoms with Gasteiger partial charge in [-0.05, 0) is 36.2 Å². The smallest absolute Gasteiger partial charge is 0.255 e. The van der Waals surface area contributed by atoms with Gasteiger partial charge in [0.15, 0.2) is 0 Å². The molecular weight excluding hydrogens is 278 g/mol. The molecule has 0 aliphatic carbocycles. The predicted molar refractivity (Wildman–Crippen MR) is 85.1 cm³/mol. The fourth-order valence-corrected chi connectivity index (χ4v) is 2.39. The normalized spacial score (nSPS) is 10.6. The summed E-state index contributed by atoms with van der Waals surface area (Å²) in [4.78, 5) is 19.5. The first-order valence-electron chi connectivity index (χ1n) is 7.11. The molecule has 22 heavy (non-hydrogen) atoms. The number of amides is 1. The minimum absolute atomic E-state index is 0.125. The van der Waals surface area contributed by atoms with E-state index in [9.17, 15) is 4.79 Å². The largest absolute Gasteiger partial charge is 0.496 e. The van der Waals surface area contributed by atoms with Crippen molar-refractivity contribution in [1.82, 2.24) is 15.3 Å². The van der Waals surface area contributed by atoms with Gasteiger partial charge in [-0.1, -0.05) is 18.2 Å². The lowest BCUT2D eigenvalue weighted by atomic mass is 10.1. The predicted octanol–water partition coefficient (Wildman–Crippen LogP) is 2.54. The Morgan fingerprint density at radius 3 is 3.00 bits per heavy atom. The molecule has 3 rings (SSSR count). The van der Waals surface area contributed by atoms with Crippen molar-refractivity contribution >= 4 is 16.9 Å². The zero-order valence-electron chi connectivity index (χ0n) is 12.3. The number of imidazole rings is 1. The zero-order chi connectivity index (χ0) is 15.4. The lowest BCUT2D eigenvalue weighted by Crippen LogP contribution is -2.26. The minimum atomic E-state index is -0.125. The molecule has 0 aliphatic heterocycles. The van der Waals surface area contributed by atoms with Gasteiger partial charge in [-0.15, -0.1) is 0 Å². The Morgan fingerprint density at radius 2 is 2.14 bits per heavy atom. The number of nitrogens with one attached hydrogen (secondary N) is 2. The number of ether oxygens (including phenoxy) is 1. The SMILES string of the molecule is COc1ccccc1C(=O)NCCc1ccc2nc[nH]c2c1. The lowest BCUT2D eigenvalue weighted by Gasteiger charge is -2.09. The third-order valence-electron chi connectivity index (χ3n) is 3.54. The Bertz CT molecular complexity index is 795. The highest BCUT2D eigenvalue weighted by molar-refractivity contribution is 5.96. The number of aromatic nitrogens is 2. The van der Waals surface area contributed by atoms with E-state index in [1.807, 2.05) is 24.3 Å². The van der Waals surface area contributed by atoms with Crippen LogP contribution in [0.15, 0.2) is 48.8 Å². The van der Waals surface area contributed by atoms with Gasteiger partial charge in [0.25, 0.3) is 5.91 Å². The summed E-state index contributed by atoms with van der Waals surface area (Å²) in [6.07, 6.45) is 2.44. The molecule has 2 N–H and O–H groups in total. The van der Waals surface area contributed by atoms with Gasteiger partial charge in [0.1, 0.15) is 5.75 Å². The monoisotopic (exact) mass is 295 g/mol. The Hall–Kier alpha value is -2.82. The van der Waals surface area contributed by atoms with Gasteiger partial charge >= 0.3 is 0 Å². The number of rotatable bonds is 5. The van der Waals surface area contributed by atoms with Crippen molar-refractivity contribution in [3.8, 4) is 5.75 Å². The second-order valence-corrected chi connectivity index (χ2v) is 4.96. The van der Waals surface area contributed by atoms with Crippen LogP contribution in [0, 0.1) is 0 Å². The van der Waals surface area contributed by atoms with Crippen LogP contribution in [-0.4, -0.2) is 29.5 Å². The first kappa shape index (κ1) is 14.1. The van der Waals surface area contributed by atoms with Gasteiger partial charge in [-0.3, -0.25) is 4.79 Å². The average molecular weight is 295 g/mol. The second kappa shape index (κ2) is 6.30. The first-order chi connectivity index (χ1) is 10.8. The molecule has 0 aliphatic rings. The maximum absolute atomic E-state index is 12.2. The van der Waals surface area contributed by atoms with Gasteiger partial charge in [0.2, 0.25) is 0 Å². The summed E-state index contributed by atoms with van der Waals surface area (Å²) < 4.78 is 5.20. The van der Waals surface area contributed by atoms with E-state index in [1.54, 1.807) is 25.6 Å². The molecule has 5 heteroatoms. The van der Waals surface area contributed by atoms with E-state index in [0.29, 0.717) is 17.9 Å². The van der Waals surface area contributed by atoms with Crippen molar-refractivity contribution in [2.24, 2.45) is 0 Å². The topological polar surface area (TPSA) is 67.0 Å². The van der Waals surface area contributed by atoms with Gasteiger partial charge in [-0.2, -0.15) is 0 Å². The van der Waals surface area contributed by atoms with Gasteiger partial charge in [0.05, 0.1) is 30.0 Å². The number of aromatic amines is 1. The van der Waals surface area contributed by atoms with Crippen LogP contribution in [0.3, 0.4) is 0 Å². The molecule has 0 bridgehead atoms. The molecule has 1 heterocycles. The summed E-state index contributed by atoms with van der Waals surface area (Å²) in [5.41, 5.74) is 3.65. The Labute approximate surface area is 128 Å². The van der Waals surface area contributed by atoms with E-state index in [1.165, 1.54) is 0 Å². The second-order valence-electron chi connectivity index (χ2n) is 4.96. The molecule has 5 nitrogen and oxygen atoms in total. The number of carbonyl (C=O) groups is 1. The molecule has 3 aromatic rings. The summed E-state index contributed by atoms with van der Waals surface area (Å²) in [6.45, 7) is 0.566. The highest BCUT2D eigenvalue weighted by Gasteiger charge is 2.10. The van der Waals surface area contributed by atoms with Crippen molar-refractivity contribution in [2.45, 2.75) is 6.42 Å². The van der Waals surface area contributed by atoms with Crippen LogP contribution in [0.25, 0.3) is 11.0 Å². The molecule has 1 amide bonds. The summed E-state index contributed by atoms with van der Waals surface area (Å²) in [5, 5.41) is 2.92. The maximum atomic E-state index is 12.2. The molecule has 0 fully saturated rings. The molecule has 0 saturated carbocycles. The van der Waals surface area contributed by atoms with Crippen LogP contribution < -0.4 is 10.1 Å². The Balaban J connectivity index is 1.61. The molecule has 2 aromatic carbocycles. The number of H-pyrrole nitrogens is 1. The van der Waals surface area contributed by atoms with Gasteiger partial charge in [-0.25, -0.2) is 4.98 Å².